The third-order valence-corrected chi connectivity index (χ3v) is 3.17. The number of aromatic nitrogens is 6. The molecule has 4 aromatic rings. The first kappa shape index (κ1) is 10.9. The van der Waals surface area contributed by atoms with Crippen LogP contribution in [0, 0.1) is 0 Å². The quantitative estimate of drug-likeness (QED) is 0.576. The molecule has 3 heterocycles. The summed E-state index contributed by atoms with van der Waals surface area (Å²) in [5, 5.41) is 8.42. The maximum atomic E-state index is 4.49. The number of aromatic amines is 1. The molecule has 0 bridgehead atoms. The van der Waals surface area contributed by atoms with Gasteiger partial charge in [-0.05, 0) is 6.07 Å². The molecule has 0 spiro atoms. The average molecular weight is 265 g/mol. The van der Waals surface area contributed by atoms with Gasteiger partial charge in [-0.25, -0.2) is 9.67 Å². The number of para-hydroxylation sites is 1. The molecule has 0 aliphatic carbocycles. The van der Waals surface area contributed by atoms with Crippen LogP contribution in [-0.2, 0) is 0 Å². The van der Waals surface area contributed by atoms with Gasteiger partial charge >= 0.3 is 0 Å². The predicted molar refractivity (Wildman–Crippen MR) is 75.9 cm³/mol. The van der Waals surface area contributed by atoms with Crippen LogP contribution < -0.4 is 5.32 Å². The van der Waals surface area contributed by atoms with Crippen LogP contribution in [0.1, 0.15) is 0 Å². The first-order chi connectivity index (χ1) is 9.86. The highest BCUT2D eigenvalue weighted by atomic mass is 15.3. The van der Waals surface area contributed by atoms with Crippen molar-refractivity contribution in [3.63, 3.8) is 0 Å². The van der Waals surface area contributed by atoms with E-state index in [4.69, 9.17) is 0 Å². The molecule has 0 fully saturated rings. The Labute approximate surface area is 113 Å². The highest BCUT2D eigenvalue weighted by Crippen LogP contribution is 2.22. The molecule has 0 radical (unpaired) electrons. The minimum atomic E-state index is 0.513. The lowest BCUT2D eigenvalue weighted by atomic mass is 10.2. The summed E-state index contributed by atoms with van der Waals surface area (Å²) in [7, 11) is 1.78. The van der Waals surface area contributed by atoms with Gasteiger partial charge in [-0.3, -0.25) is 0 Å². The summed E-state index contributed by atoms with van der Waals surface area (Å²) >= 11 is 0. The van der Waals surface area contributed by atoms with Gasteiger partial charge in [-0.15, -0.1) is 0 Å². The monoisotopic (exact) mass is 265 g/mol. The zero-order valence-corrected chi connectivity index (χ0v) is 10.7. The molecule has 3 aromatic heterocycles. The second kappa shape index (κ2) is 4.02. The van der Waals surface area contributed by atoms with E-state index in [0.29, 0.717) is 17.4 Å². The summed E-state index contributed by atoms with van der Waals surface area (Å²) < 4.78 is 1.79. The van der Waals surface area contributed by atoms with Crippen LogP contribution in [0.4, 0.5) is 5.95 Å². The van der Waals surface area contributed by atoms with Crippen molar-refractivity contribution >= 4 is 28.0 Å². The van der Waals surface area contributed by atoms with E-state index in [2.05, 4.69) is 30.4 Å². The zero-order chi connectivity index (χ0) is 13.5. The van der Waals surface area contributed by atoms with Crippen molar-refractivity contribution in [2.45, 2.75) is 0 Å². The summed E-state index contributed by atoms with van der Waals surface area (Å²) in [5.41, 5.74) is 2.36. The number of hydrogen-bond acceptors (Lipinski definition) is 5. The highest BCUT2D eigenvalue weighted by molar-refractivity contribution is 5.85. The average Bonchev–Trinajstić information content (AvgIpc) is 3.12. The summed E-state index contributed by atoms with van der Waals surface area (Å²) in [6.45, 7) is 0. The number of nitrogens with zero attached hydrogens (tertiary/aromatic N) is 5. The largest absolute Gasteiger partial charge is 0.357 e. The number of fused-ring (bicyclic) bond motifs is 2. The molecule has 0 atom stereocenters. The zero-order valence-electron chi connectivity index (χ0n) is 10.7. The number of rotatable bonds is 2. The molecule has 98 valence electrons. The van der Waals surface area contributed by atoms with Gasteiger partial charge in [-0.1, -0.05) is 18.2 Å². The molecule has 7 nitrogen and oxygen atoms in total. The molecular formula is C13H11N7. The molecule has 0 amide bonds. The Morgan fingerprint density at radius 2 is 2.10 bits per heavy atom. The molecule has 0 aliphatic rings. The van der Waals surface area contributed by atoms with E-state index in [9.17, 15) is 0 Å². The van der Waals surface area contributed by atoms with Gasteiger partial charge in [0.1, 0.15) is 5.52 Å². The molecule has 2 N–H and O–H groups in total. The maximum Gasteiger partial charge on any atom is 0.226 e. The number of hydrogen-bond donors (Lipinski definition) is 2. The van der Waals surface area contributed by atoms with Gasteiger partial charge in [0.15, 0.2) is 11.5 Å². The Balaban J connectivity index is 2.08. The number of nitrogens with one attached hydrogen (secondary N) is 2. The van der Waals surface area contributed by atoms with Gasteiger partial charge in [0.2, 0.25) is 5.95 Å². The lowest BCUT2D eigenvalue weighted by molar-refractivity contribution is 0.877. The molecule has 20 heavy (non-hydrogen) atoms. The van der Waals surface area contributed by atoms with Crippen molar-refractivity contribution < 1.29 is 0 Å². The van der Waals surface area contributed by atoms with Crippen molar-refractivity contribution in [2.24, 2.45) is 0 Å². The maximum absolute atomic E-state index is 4.49. The lowest BCUT2D eigenvalue weighted by Crippen LogP contribution is -2.05. The molecular weight excluding hydrogens is 254 g/mol. The van der Waals surface area contributed by atoms with Crippen LogP contribution in [0.2, 0.25) is 0 Å². The third-order valence-electron chi connectivity index (χ3n) is 3.17. The van der Waals surface area contributed by atoms with E-state index in [1.165, 1.54) is 0 Å². The molecule has 7 heteroatoms. The predicted octanol–water partition coefficient (Wildman–Crippen LogP) is 1.73. The van der Waals surface area contributed by atoms with Crippen LogP contribution >= 0.6 is 0 Å². The SMILES string of the molecule is CNc1nc(-n2ncc3ccccc32)c2[nH]cnc2n1. The molecule has 0 saturated heterocycles. The molecule has 0 saturated carbocycles. The van der Waals surface area contributed by atoms with Crippen molar-refractivity contribution in [1.82, 2.24) is 29.7 Å². The van der Waals surface area contributed by atoms with Crippen LogP contribution in [-0.4, -0.2) is 36.8 Å². The highest BCUT2D eigenvalue weighted by Gasteiger charge is 2.13. The fourth-order valence-electron chi connectivity index (χ4n) is 2.22. The van der Waals surface area contributed by atoms with Crippen molar-refractivity contribution in [2.75, 3.05) is 12.4 Å². The summed E-state index contributed by atoms with van der Waals surface area (Å²) in [6.07, 6.45) is 3.42. The Hall–Kier alpha value is -2.96. The molecule has 0 unspecified atom stereocenters. The normalized spacial score (nSPS) is 11.2. The summed E-state index contributed by atoms with van der Waals surface area (Å²) in [5.74, 6) is 1.19. The summed E-state index contributed by atoms with van der Waals surface area (Å²) in [6, 6.07) is 7.98. The van der Waals surface area contributed by atoms with Gasteiger partial charge in [0.25, 0.3) is 0 Å². The molecule has 4 rings (SSSR count). The Kier molecular flexibility index (Phi) is 2.19. The van der Waals surface area contributed by atoms with Gasteiger partial charge in [0, 0.05) is 12.4 Å². The van der Waals surface area contributed by atoms with Crippen LogP contribution in [0.5, 0.6) is 0 Å². The Morgan fingerprint density at radius 3 is 3.00 bits per heavy atom. The van der Waals surface area contributed by atoms with Gasteiger partial charge in [-0.2, -0.15) is 15.1 Å². The first-order valence-electron chi connectivity index (χ1n) is 6.19. The second-order valence-electron chi connectivity index (χ2n) is 4.34. The fraction of sp³-hybridized carbons (Fsp3) is 0.0769. The van der Waals surface area contributed by atoms with E-state index >= 15 is 0 Å². The number of imidazole rings is 1. The lowest BCUT2D eigenvalue weighted by Gasteiger charge is -2.06. The number of H-pyrrole nitrogens is 1. The standard InChI is InChI=1S/C13H11N7/c1-14-13-18-11-10(15-7-16-11)12(19-13)20-9-5-3-2-4-8(9)6-17-20/h2-7H,1H3,(H2,14,15,16,18,19). The number of benzene rings is 1. The van der Waals surface area contributed by atoms with E-state index in [1.807, 2.05) is 30.5 Å². The third kappa shape index (κ3) is 1.46. The molecule has 0 aliphatic heterocycles. The minimum Gasteiger partial charge on any atom is -0.357 e. The van der Waals surface area contributed by atoms with Crippen molar-refractivity contribution in [3.05, 3.63) is 36.8 Å². The van der Waals surface area contributed by atoms with E-state index in [-0.39, 0.29) is 0 Å². The topological polar surface area (TPSA) is 84.3 Å². The Morgan fingerprint density at radius 1 is 1.20 bits per heavy atom. The van der Waals surface area contributed by atoms with E-state index in [1.54, 1.807) is 18.1 Å². The van der Waals surface area contributed by atoms with Crippen LogP contribution in [0.15, 0.2) is 36.8 Å². The van der Waals surface area contributed by atoms with Crippen molar-refractivity contribution in [3.8, 4) is 5.82 Å². The van der Waals surface area contributed by atoms with Crippen LogP contribution in [0.3, 0.4) is 0 Å². The number of anilines is 1. The first-order valence-corrected chi connectivity index (χ1v) is 6.19. The fourth-order valence-corrected chi connectivity index (χ4v) is 2.22. The second-order valence-corrected chi connectivity index (χ2v) is 4.34. The smallest absolute Gasteiger partial charge is 0.226 e. The minimum absolute atomic E-state index is 0.513. The molecule has 1 aromatic carbocycles. The van der Waals surface area contributed by atoms with E-state index in [0.717, 1.165) is 16.4 Å². The van der Waals surface area contributed by atoms with E-state index < -0.39 is 0 Å². The van der Waals surface area contributed by atoms with Crippen LogP contribution in [0.25, 0.3) is 27.9 Å². The van der Waals surface area contributed by atoms with Gasteiger partial charge in [0.05, 0.1) is 18.0 Å². The van der Waals surface area contributed by atoms with Gasteiger partial charge < -0.3 is 10.3 Å². The summed E-state index contributed by atoms with van der Waals surface area (Å²) in [4.78, 5) is 16.0. The Bertz CT molecular complexity index is 905. The van der Waals surface area contributed by atoms with Crippen molar-refractivity contribution in [1.29, 1.82) is 0 Å².